The van der Waals surface area contributed by atoms with Gasteiger partial charge in [0.05, 0.1) is 6.04 Å². The number of halogens is 1. The summed E-state index contributed by atoms with van der Waals surface area (Å²) in [5, 5.41) is 8.50. The van der Waals surface area contributed by atoms with Crippen LogP contribution in [0.1, 0.15) is 45.2 Å². The number of aromatic nitrogens is 4. The highest BCUT2D eigenvalue weighted by Gasteiger charge is 2.29. The van der Waals surface area contributed by atoms with Crippen molar-refractivity contribution in [1.82, 2.24) is 24.6 Å². The molecule has 1 aromatic carbocycles. The zero-order valence-corrected chi connectivity index (χ0v) is 18.5. The number of nitrogens with one attached hydrogen (secondary N) is 1. The van der Waals surface area contributed by atoms with E-state index in [1.807, 2.05) is 25.5 Å². The van der Waals surface area contributed by atoms with E-state index in [2.05, 4.69) is 15.3 Å². The number of hydrogen-bond donors (Lipinski definition) is 2. The van der Waals surface area contributed by atoms with Crippen molar-refractivity contribution in [3.05, 3.63) is 42.0 Å². The molecule has 1 amide bonds. The second kappa shape index (κ2) is 8.60. The van der Waals surface area contributed by atoms with Crippen molar-refractivity contribution in [1.29, 1.82) is 0 Å². The molecule has 0 radical (unpaired) electrons. The van der Waals surface area contributed by atoms with Crippen LogP contribution in [0.25, 0.3) is 11.0 Å². The quantitative estimate of drug-likeness (QED) is 0.634. The van der Waals surface area contributed by atoms with Gasteiger partial charge in [-0.15, -0.1) is 0 Å². The van der Waals surface area contributed by atoms with Crippen molar-refractivity contribution >= 4 is 28.8 Å². The second-order valence-corrected chi connectivity index (χ2v) is 8.89. The van der Waals surface area contributed by atoms with E-state index in [1.54, 1.807) is 23.1 Å². The van der Waals surface area contributed by atoms with Gasteiger partial charge in [0.25, 0.3) is 0 Å². The summed E-state index contributed by atoms with van der Waals surface area (Å²) in [6.45, 7) is 6.93. The van der Waals surface area contributed by atoms with Crippen molar-refractivity contribution < 1.29 is 13.9 Å². The maximum Gasteiger partial charge on any atom is 0.410 e. The van der Waals surface area contributed by atoms with Crippen LogP contribution < -0.4 is 11.1 Å². The first-order valence-corrected chi connectivity index (χ1v) is 10.7. The molecule has 32 heavy (non-hydrogen) atoms. The maximum atomic E-state index is 14.0. The number of anilines is 2. The number of carbonyl (C=O) groups excluding carboxylic acids is 1. The first-order valence-electron chi connectivity index (χ1n) is 10.7. The Morgan fingerprint density at radius 1 is 1.25 bits per heavy atom. The highest BCUT2D eigenvalue weighted by atomic mass is 19.1. The number of piperidine rings is 1. The summed E-state index contributed by atoms with van der Waals surface area (Å²) in [5.41, 5.74) is 6.74. The van der Waals surface area contributed by atoms with Crippen molar-refractivity contribution in [3.63, 3.8) is 0 Å². The number of nitrogens with two attached hydrogens (primary N) is 1. The summed E-state index contributed by atoms with van der Waals surface area (Å²) in [6.07, 6.45) is 2.51. The summed E-state index contributed by atoms with van der Waals surface area (Å²) in [6, 6.07) is 6.61. The fraction of sp³-hybridized carbons (Fsp3) is 0.455. The summed E-state index contributed by atoms with van der Waals surface area (Å²) < 4.78 is 21.3. The van der Waals surface area contributed by atoms with E-state index in [4.69, 9.17) is 15.6 Å². The molecule has 1 fully saturated rings. The lowest BCUT2D eigenvalue weighted by Crippen LogP contribution is -2.42. The third-order valence-electron chi connectivity index (χ3n) is 5.38. The van der Waals surface area contributed by atoms with E-state index >= 15 is 0 Å². The normalized spacial score (nSPS) is 15.2. The lowest BCUT2D eigenvalue weighted by Gasteiger charge is -2.33. The molecular weight excluding hydrogens is 413 g/mol. The Morgan fingerprint density at radius 3 is 2.66 bits per heavy atom. The number of likely N-dealkylation sites (tertiary alicyclic amines) is 1. The molecule has 0 spiro atoms. The maximum absolute atomic E-state index is 14.0. The van der Waals surface area contributed by atoms with Crippen LogP contribution in [-0.4, -0.2) is 49.4 Å². The molecule has 10 heteroatoms. The zero-order chi connectivity index (χ0) is 22.9. The van der Waals surface area contributed by atoms with Crippen molar-refractivity contribution in [2.24, 2.45) is 0 Å². The molecule has 0 bridgehead atoms. The topological polar surface area (TPSA) is 111 Å². The number of fused-ring (bicyclic) bond motifs is 1. The Morgan fingerprint density at radius 2 is 1.97 bits per heavy atom. The number of benzene rings is 1. The van der Waals surface area contributed by atoms with Gasteiger partial charge in [-0.3, -0.25) is 0 Å². The van der Waals surface area contributed by atoms with E-state index < -0.39 is 5.60 Å². The Kier molecular flexibility index (Phi) is 5.86. The van der Waals surface area contributed by atoms with Crippen LogP contribution in [0.4, 0.5) is 20.8 Å². The van der Waals surface area contributed by atoms with Gasteiger partial charge in [-0.1, -0.05) is 18.2 Å². The van der Waals surface area contributed by atoms with Gasteiger partial charge in [-0.2, -0.15) is 5.10 Å². The van der Waals surface area contributed by atoms with Gasteiger partial charge in [0.1, 0.15) is 28.9 Å². The Hall–Kier alpha value is -3.43. The molecule has 0 unspecified atom stereocenters. The molecule has 0 saturated carbocycles. The molecule has 3 aromatic rings. The van der Waals surface area contributed by atoms with E-state index in [0.29, 0.717) is 54.2 Å². The van der Waals surface area contributed by atoms with Gasteiger partial charge < -0.3 is 20.7 Å². The van der Waals surface area contributed by atoms with Crippen LogP contribution in [0.15, 0.2) is 30.6 Å². The van der Waals surface area contributed by atoms with Gasteiger partial charge in [-0.05, 0) is 39.7 Å². The number of nitrogen functional groups attached to an aromatic ring is 1. The molecule has 1 saturated heterocycles. The summed E-state index contributed by atoms with van der Waals surface area (Å²) in [5.74, 6) is 0.530. The molecule has 2 aromatic heterocycles. The zero-order valence-electron chi connectivity index (χ0n) is 18.5. The third kappa shape index (κ3) is 4.58. The Labute approximate surface area is 185 Å². The molecule has 3 N–H and O–H groups in total. The molecule has 1 aliphatic heterocycles. The number of carbonyl (C=O) groups is 1. The van der Waals surface area contributed by atoms with Gasteiger partial charge in [0.2, 0.25) is 0 Å². The van der Waals surface area contributed by atoms with Gasteiger partial charge >= 0.3 is 6.09 Å². The molecular formula is C22H28FN7O2. The number of rotatable bonds is 4. The van der Waals surface area contributed by atoms with Crippen molar-refractivity contribution in [3.8, 4) is 0 Å². The fourth-order valence-electron chi connectivity index (χ4n) is 3.81. The van der Waals surface area contributed by atoms with Crippen molar-refractivity contribution in [2.45, 2.75) is 51.8 Å². The first kappa shape index (κ1) is 21.8. The van der Waals surface area contributed by atoms with E-state index in [9.17, 15) is 9.18 Å². The molecule has 3 heterocycles. The van der Waals surface area contributed by atoms with Crippen LogP contribution in [0.2, 0.25) is 0 Å². The Bertz CT molecular complexity index is 1120. The predicted molar refractivity (Wildman–Crippen MR) is 120 cm³/mol. The SMILES string of the molecule is CC(C)(C)OC(=O)N1CCC(n2nc(NCc3ccccc3F)c3c(N)ncnc32)CC1. The highest BCUT2D eigenvalue weighted by Crippen LogP contribution is 2.32. The van der Waals surface area contributed by atoms with Gasteiger partial charge in [-0.25, -0.2) is 23.8 Å². The molecule has 0 atom stereocenters. The smallest absolute Gasteiger partial charge is 0.410 e. The number of nitrogens with zero attached hydrogens (tertiary/aromatic N) is 5. The van der Waals surface area contributed by atoms with Crippen LogP contribution >= 0.6 is 0 Å². The summed E-state index contributed by atoms with van der Waals surface area (Å²) in [4.78, 5) is 22.6. The number of ether oxygens (including phenoxy) is 1. The minimum Gasteiger partial charge on any atom is -0.444 e. The van der Waals surface area contributed by atoms with Gasteiger partial charge in [0.15, 0.2) is 11.5 Å². The molecule has 1 aliphatic rings. The summed E-state index contributed by atoms with van der Waals surface area (Å²) >= 11 is 0. The third-order valence-corrected chi connectivity index (χ3v) is 5.38. The monoisotopic (exact) mass is 441 g/mol. The van der Waals surface area contributed by atoms with E-state index in [-0.39, 0.29) is 24.5 Å². The largest absolute Gasteiger partial charge is 0.444 e. The highest BCUT2D eigenvalue weighted by molar-refractivity contribution is 5.95. The van der Waals surface area contributed by atoms with Crippen LogP contribution in [0.3, 0.4) is 0 Å². The lowest BCUT2D eigenvalue weighted by atomic mass is 10.1. The second-order valence-electron chi connectivity index (χ2n) is 8.89. The molecule has 9 nitrogen and oxygen atoms in total. The average molecular weight is 442 g/mol. The minimum absolute atomic E-state index is 0.0366. The van der Waals surface area contributed by atoms with E-state index in [1.165, 1.54) is 12.4 Å². The van der Waals surface area contributed by atoms with Crippen molar-refractivity contribution in [2.75, 3.05) is 24.1 Å². The minimum atomic E-state index is -0.528. The number of amides is 1. The van der Waals surface area contributed by atoms with Crippen LogP contribution in [-0.2, 0) is 11.3 Å². The molecule has 4 rings (SSSR count). The number of hydrogen-bond acceptors (Lipinski definition) is 7. The first-order chi connectivity index (χ1) is 15.2. The lowest BCUT2D eigenvalue weighted by molar-refractivity contribution is 0.0186. The standard InChI is InChI=1S/C22H28FN7O2/c1-22(2,3)32-21(31)29-10-8-15(9-11-29)30-20-17(18(24)26-13-27-20)19(28-30)25-12-14-6-4-5-7-16(14)23/h4-7,13,15H,8-12H2,1-3H3,(H,25,28)(H2,24,26,27). The fourth-order valence-corrected chi connectivity index (χ4v) is 3.81. The Balaban J connectivity index is 1.53. The van der Waals surface area contributed by atoms with E-state index in [0.717, 1.165) is 0 Å². The predicted octanol–water partition coefficient (Wildman–Crippen LogP) is 3.73. The average Bonchev–Trinajstić information content (AvgIpc) is 3.12. The molecule has 170 valence electrons. The van der Waals surface area contributed by atoms with Crippen LogP contribution in [0, 0.1) is 5.82 Å². The van der Waals surface area contributed by atoms with Gasteiger partial charge in [0, 0.05) is 25.2 Å². The van der Waals surface area contributed by atoms with Crippen LogP contribution in [0.5, 0.6) is 0 Å². The molecule has 0 aliphatic carbocycles. The summed E-state index contributed by atoms with van der Waals surface area (Å²) in [7, 11) is 0.